The molecule has 1 unspecified atom stereocenters. The molecule has 0 radical (unpaired) electrons. The zero-order valence-electron chi connectivity index (χ0n) is 11.7. The van der Waals surface area contributed by atoms with Crippen molar-refractivity contribution in [1.29, 1.82) is 0 Å². The van der Waals surface area contributed by atoms with E-state index >= 15 is 0 Å². The van der Waals surface area contributed by atoms with Gasteiger partial charge >= 0.3 is 5.97 Å². The molecule has 0 spiro atoms. The van der Waals surface area contributed by atoms with E-state index in [0.717, 1.165) is 21.6 Å². The number of fused-ring (bicyclic) bond motifs is 1. The van der Waals surface area contributed by atoms with Crippen LogP contribution in [0.1, 0.15) is 43.1 Å². The van der Waals surface area contributed by atoms with Crippen molar-refractivity contribution < 1.29 is 9.90 Å². The molecule has 0 saturated carbocycles. The van der Waals surface area contributed by atoms with E-state index in [1.54, 1.807) is 29.5 Å². The molecule has 0 bridgehead atoms. The predicted molar refractivity (Wildman–Crippen MR) is 78.9 cm³/mol. The fourth-order valence-corrected chi connectivity index (χ4v) is 2.90. The summed E-state index contributed by atoms with van der Waals surface area (Å²) in [6.45, 7) is 8.92. The highest BCUT2D eigenvalue weighted by Gasteiger charge is 2.21. The monoisotopic (exact) mass is 277 g/mol. The van der Waals surface area contributed by atoms with Crippen LogP contribution in [0.2, 0.25) is 0 Å². The topological polar surface area (TPSA) is 50.2 Å². The van der Waals surface area contributed by atoms with Gasteiger partial charge in [0, 0.05) is 6.42 Å². The minimum absolute atomic E-state index is 0.254. The standard InChI is InChI=1S/C15H19NO2S/c1-9(15(2,3)4)7-13-16-11-6-5-10(14(17)18)8-12(11)19-13/h5-6,8-9H,7H2,1-4H3,(H,17,18). The van der Waals surface area contributed by atoms with Crippen molar-refractivity contribution in [2.24, 2.45) is 11.3 Å². The van der Waals surface area contributed by atoms with Crippen LogP contribution in [0.15, 0.2) is 18.2 Å². The van der Waals surface area contributed by atoms with E-state index in [0.29, 0.717) is 11.5 Å². The maximum absolute atomic E-state index is 10.9. The van der Waals surface area contributed by atoms with Gasteiger partial charge in [0.2, 0.25) is 0 Å². The van der Waals surface area contributed by atoms with E-state index in [4.69, 9.17) is 5.11 Å². The van der Waals surface area contributed by atoms with E-state index in [1.807, 2.05) is 0 Å². The van der Waals surface area contributed by atoms with Crippen molar-refractivity contribution in [1.82, 2.24) is 4.98 Å². The molecule has 0 saturated heterocycles. The Bertz CT molecular complexity index is 610. The largest absolute Gasteiger partial charge is 0.478 e. The van der Waals surface area contributed by atoms with Crippen LogP contribution in [0, 0.1) is 11.3 Å². The Morgan fingerprint density at radius 1 is 1.42 bits per heavy atom. The molecule has 102 valence electrons. The summed E-state index contributed by atoms with van der Waals surface area (Å²) in [7, 11) is 0. The Morgan fingerprint density at radius 2 is 2.11 bits per heavy atom. The first kappa shape index (κ1) is 14.0. The molecule has 0 aliphatic rings. The summed E-state index contributed by atoms with van der Waals surface area (Å²) in [5, 5.41) is 10.1. The Labute approximate surface area is 117 Å². The van der Waals surface area contributed by atoms with Gasteiger partial charge in [-0.25, -0.2) is 9.78 Å². The highest BCUT2D eigenvalue weighted by atomic mass is 32.1. The van der Waals surface area contributed by atoms with Gasteiger partial charge in [0.1, 0.15) is 0 Å². The van der Waals surface area contributed by atoms with Gasteiger partial charge < -0.3 is 5.11 Å². The quantitative estimate of drug-likeness (QED) is 0.913. The summed E-state index contributed by atoms with van der Waals surface area (Å²) in [5.74, 6) is -0.355. The lowest BCUT2D eigenvalue weighted by Gasteiger charge is -2.26. The zero-order valence-corrected chi connectivity index (χ0v) is 12.5. The summed E-state index contributed by atoms with van der Waals surface area (Å²) < 4.78 is 0.955. The molecule has 4 heteroatoms. The van der Waals surface area contributed by atoms with Crippen LogP contribution in [-0.4, -0.2) is 16.1 Å². The molecule has 0 fully saturated rings. The minimum Gasteiger partial charge on any atom is -0.478 e. The number of carboxylic acid groups (broad SMARTS) is 1. The van der Waals surface area contributed by atoms with E-state index in [2.05, 4.69) is 32.7 Å². The van der Waals surface area contributed by atoms with Crippen molar-refractivity contribution in [3.05, 3.63) is 28.8 Å². The first-order valence-corrected chi connectivity index (χ1v) is 7.22. The van der Waals surface area contributed by atoms with Crippen LogP contribution < -0.4 is 0 Å². The van der Waals surface area contributed by atoms with Crippen LogP contribution in [0.25, 0.3) is 10.2 Å². The zero-order chi connectivity index (χ0) is 14.2. The molecule has 3 nitrogen and oxygen atoms in total. The Morgan fingerprint density at radius 3 is 2.68 bits per heavy atom. The molecule has 1 N–H and O–H groups in total. The lowest BCUT2D eigenvalue weighted by molar-refractivity contribution is 0.0697. The second-order valence-corrected chi connectivity index (χ2v) is 7.18. The van der Waals surface area contributed by atoms with Crippen molar-refractivity contribution in [2.75, 3.05) is 0 Å². The number of thiazole rings is 1. The smallest absolute Gasteiger partial charge is 0.335 e. The maximum Gasteiger partial charge on any atom is 0.335 e. The van der Waals surface area contributed by atoms with Crippen LogP contribution in [0.5, 0.6) is 0 Å². The van der Waals surface area contributed by atoms with Crippen molar-refractivity contribution in [2.45, 2.75) is 34.1 Å². The molecule has 19 heavy (non-hydrogen) atoms. The number of benzene rings is 1. The first-order chi connectivity index (χ1) is 8.77. The van der Waals surface area contributed by atoms with Gasteiger partial charge in [0.15, 0.2) is 0 Å². The van der Waals surface area contributed by atoms with E-state index in [9.17, 15) is 4.79 Å². The molecular weight excluding hydrogens is 258 g/mol. The van der Waals surface area contributed by atoms with Gasteiger partial charge in [0.25, 0.3) is 0 Å². The molecule has 1 heterocycles. The number of hydrogen-bond acceptors (Lipinski definition) is 3. The second kappa shape index (κ2) is 4.93. The van der Waals surface area contributed by atoms with Crippen molar-refractivity contribution in [3.8, 4) is 0 Å². The number of rotatable bonds is 3. The fraction of sp³-hybridized carbons (Fsp3) is 0.467. The average Bonchev–Trinajstić information content (AvgIpc) is 2.68. The molecule has 1 aromatic heterocycles. The molecule has 2 rings (SSSR count). The number of aromatic carboxylic acids is 1. The minimum atomic E-state index is -0.889. The molecule has 0 amide bonds. The summed E-state index contributed by atoms with van der Waals surface area (Å²) in [6.07, 6.45) is 0.936. The van der Waals surface area contributed by atoms with E-state index in [1.165, 1.54) is 0 Å². The van der Waals surface area contributed by atoms with E-state index < -0.39 is 5.97 Å². The van der Waals surface area contributed by atoms with Crippen LogP contribution in [0.3, 0.4) is 0 Å². The summed E-state index contributed by atoms with van der Waals surface area (Å²) >= 11 is 1.60. The molecule has 2 aromatic rings. The fourth-order valence-electron chi connectivity index (χ4n) is 1.76. The van der Waals surface area contributed by atoms with Gasteiger partial charge in [-0.15, -0.1) is 11.3 Å². The molecular formula is C15H19NO2S. The van der Waals surface area contributed by atoms with Crippen LogP contribution in [-0.2, 0) is 6.42 Å². The van der Waals surface area contributed by atoms with Gasteiger partial charge in [-0.05, 0) is 29.5 Å². The normalized spacial score (nSPS) is 13.7. The SMILES string of the molecule is CC(Cc1nc2ccc(C(=O)O)cc2s1)C(C)(C)C. The van der Waals surface area contributed by atoms with E-state index in [-0.39, 0.29) is 5.41 Å². The lowest BCUT2D eigenvalue weighted by atomic mass is 9.80. The van der Waals surface area contributed by atoms with Crippen LogP contribution in [0.4, 0.5) is 0 Å². The number of carbonyl (C=O) groups is 1. The Hall–Kier alpha value is -1.42. The highest BCUT2D eigenvalue weighted by Crippen LogP contribution is 2.31. The number of aromatic nitrogens is 1. The predicted octanol–water partition coefficient (Wildman–Crippen LogP) is 4.22. The van der Waals surface area contributed by atoms with Gasteiger partial charge in [-0.3, -0.25) is 0 Å². The van der Waals surface area contributed by atoms with Crippen molar-refractivity contribution >= 4 is 27.5 Å². The molecule has 0 aliphatic carbocycles. The number of nitrogens with zero attached hydrogens (tertiary/aromatic N) is 1. The molecule has 1 atom stereocenters. The van der Waals surface area contributed by atoms with Gasteiger partial charge in [-0.2, -0.15) is 0 Å². The van der Waals surface area contributed by atoms with Crippen molar-refractivity contribution in [3.63, 3.8) is 0 Å². The molecule has 1 aromatic carbocycles. The summed E-state index contributed by atoms with van der Waals surface area (Å²) in [4.78, 5) is 15.5. The van der Waals surface area contributed by atoms with Crippen LogP contribution >= 0.6 is 11.3 Å². The number of carboxylic acids is 1. The Balaban J connectivity index is 2.29. The third kappa shape index (κ3) is 3.13. The second-order valence-electron chi connectivity index (χ2n) is 6.07. The third-order valence-electron chi connectivity index (χ3n) is 3.64. The summed E-state index contributed by atoms with van der Waals surface area (Å²) in [6, 6.07) is 5.11. The summed E-state index contributed by atoms with van der Waals surface area (Å²) in [5.41, 5.74) is 1.47. The first-order valence-electron chi connectivity index (χ1n) is 6.40. The third-order valence-corrected chi connectivity index (χ3v) is 4.68. The van der Waals surface area contributed by atoms with Gasteiger partial charge in [-0.1, -0.05) is 27.7 Å². The Kier molecular flexibility index (Phi) is 3.63. The average molecular weight is 277 g/mol. The number of hydrogen-bond donors (Lipinski definition) is 1. The molecule has 0 aliphatic heterocycles. The highest BCUT2D eigenvalue weighted by molar-refractivity contribution is 7.18. The van der Waals surface area contributed by atoms with Gasteiger partial charge in [0.05, 0.1) is 20.8 Å². The maximum atomic E-state index is 10.9. The lowest BCUT2D eigenvalue weighted by Crippen LogP contribution is -2.19.